The molecule has 2 heterocycles. The zero-order valence-corrected chi connectivity index (χ0v) is 19.8. The Morgan fingerprint density at radius 3 is 2.80 bits per heavy atom. The van der Waals surface area contributed by atoms with Crippen molar-refractivity contribution in [2.75, 3.05) is 13.2 Å². The van der Waals surface area contributed by atoms with Crippen LogP contribution in [0.2, 0.25) is 0 Å². The number of benzene rings is 1. The molecule has 0 spiro atoms. The average Bonchev–Trinajstić information content (AvgIpc) is 3.66. The fourth-order valence-corrected chi connectivity index (χ4v) is 3.29. The molecule has 1 aromatic carbocycles. The average molecular weight is 475 g/mol. The number of carbonyl (C=O) groups excluding carboxylic acids is 2. The minimum Gasteiger partial charge on any atom is -0.446 e. The molecule has 0 aromatic heterocycles. The molecule has 1 unspecified atom stereocenters. The summed E-state index contributed by atoms with van der Waals surface area (Å²) in [5.41, 5.74) is 1.90. The summed E-state index contributed by atoms with van der Waals surface area (Å²) in [5, 5.41) is 20.0. The molecule has 11 heteroatoms. The fourth-order valence-electron chi connectivity index (χ4n) is 3.29. The van der Waals surface area contributed by atoms with E-state index in [9.17, 15) is 14.0 Å². The number of nitrogens with zero attached hydrogens (tertiary/aromatic N) is 3. The number of rotatable bonds is 6. The van der Waals surface area contributed by atoms with Crippen LogP contribution in [0.5, 0.6) is 0 Å². The van der Waals surface area contributed by atoms with E-state index in [0.29, 0.717) is 18.7 Å². The molecule has 1 fully saturated rings. The predicted octanol–water partition coefficient (Wildman–Crippen LogP) is -0.771. The van der Waals surface area contributed by atoms with Crippen LogP contribution in [0.15, 0.2) is 46.3 Å². The topological polar surface area (TPSA) is 116 Å². The molecule has 1 atom stereocenters. The van der Waals surface area contributed by atoms with Gasteiger partial charge in [-0.05, 0) is 42.5 Å². The Hall–Kier alpha value is -2.93. The van der Waals surface area contributed by atoms with Crippen LogP contribution in [-0.4, -0.2) is 60.4 Å². The van der Waals surface area contributed by atoms with Gasteiger partial charge in [0.1, 0.15) is 18.1 Å². The third kappa shape index (κ3) is 8.35. The summed E-state index contributed by atoms with van der Waals surface area (Å²) in [6.07, 6.45) is 10.7. The van der Waals surface area contributed by atoms with Crippen molar-refractivity contribution in [3.8, 4) is 0 Å². The largest absolute Gasteiger partial charge is 1.00 e. The summed E-state index contributed by atoms with van der Waals surface area (Å²) in [6, 6.07) is 2.87. The number of carbonyl (C=O) groups is 2. The molecule has 0 radical (unpaired) electrons. The molecule has 9 nitrogen and oxygen atoms in total. The minimum absolute atomic E-state index is 0. The van der Waals surface area contributed by atoms with Gasteiger partial charge in [-0.3, -0.25) is 4.79 Å². The van der Waals surface area contributed by atoms with Crippen LogP contribution in [0.25, 0.3) is 0 Å². The molecule has 182 valence electrons. The normalized spacial score (nSPS) is 18.2. The quantitative estimate of drug-likeness (QED) is 0.216. The fraction of sp³-hybridized carbons (Fsp3) is 0.375. The van der Waals surface area contributed by atoms with Crippen LogP contribution >= 0.6 is 0 Å². The Balaban J connectivity index is 0.000000804. The SMILES string of the molecule is C[CH-]CO.[CH-]=NN=[C-]C1=CC=CC(NC(=O)c2cc3c(cc2F)CCN(C(=O)OC2CC2)C3)N1.[Li+]. The molecule has 0 bridgehead atoms. The Morgan fingerprint density at radius 2 is 2.14 bits per heavy atom. The minimum atomic E-state index is -0.606. The molecule has 3 N–H and O–H groups in total. The second-order valence-electron chi connectivity index (χ2n) is 7.83. The van der Waals surface area contributed by atoms with Crippen molar-refractivity contribution < 1.29 is 42.7 Å². The summed E-state index contributed by atoms with van der Waals surface area (Å²) in [7, 11) is 0. The van der Waals surface area contributed by atoms with Gasteiger partial charge in [0.15, 0.2) is 0 Å². The van der Waals surface area contributed by atoms with E-state index < -0.39 is 17.9 Å². The molecule has 3 aliphatic rings. The maximum Gasteiger partial charge on any atom is 1.00 e. The number of ether oxygens (including phenoxy) is 1. The monoisotopic (exact) mass is 475 g/mol. The first kappa shape index (κ1) is 28.3. The van der Waals surface area contributed by atoms with Gasteiger partial charge in [-0.25, -0.2) is 9.18 Å². The number of fused-ring (bicyclic) bond motifs is 1. The van der Waals surface area contributed by atoms with Crippen molar-refractivity contribution in [3.05, 3.63) is 65.0 Å². The van der Waals surface area contributed by atoms with Crippen LogP contribution < -0.4 is 29.5 Å². The number of aliphatic hydroxyl groups excluding tert-OH is 1. The first-order valence-corrected chi connectivity index (χ1v) is 10.9. The van der Waals surface area contributed by atoms with Crippen LogP contribution in [-0.2, 0) is 17.7 Å². The van der Waals surface area contributed by atoms with E-state index >= 15 is 0 Å². The first-order chi connectivity index (χ1) is 16.4. The maximum atomic E-state index is 14.6. The second kappa shape index (κ2) is 13.8. The number of dihydropyridines is 1. The van der Waals surface area contributed by atoms with Gasteiger partial charge in [-0.1, -0.05) is 12.7 Å². The van der Waals surface area contributed by atoms with Gasteiger partial charge in [0, 0.05) is 13.1 Å². The van der Waals surface area contributed by atoms with Crippen molar-refractivity contribution >= 4 is 24.9 Å². The first-order valence-electron chi connectivity index (χ1n) is 10.9. The van der Waals surface area contributed by atoms with E-state index in [1.165, 1.54) is 12.1 Å². The molecular formula is C24H27FLiN5O4-2. The summed E-state index contributed by atoms with van der Waals surface area (Å²) < 4.78 is 19.9. The molecule has 1 aromatic rings. The number of amides is 2. The van der Waals surface area contributed by atoms with Crippen LogP contribution in [0.4, 0.5) is 9.18 Å². The third-order valence-electron chi connectivity index (χ3n) is 5.17. The number of halogens is 1. The van der Waals surface area contributed by atoms with E-state index in [-0.39, 0.29) is 49.8 Å². The van der Waals surface area contributed by atoms with Crippen LogP contribution in [0.3, 0.4) is 0 Å². The summed E-state index contributed by atoms with van der Waals surface area (Å²) in [5.74, 6) is -1.19. The predicted molar refractivity (Wildman–Crippen MR) is 125 cm³/mol. The van der Waals surface area contributed by atoms with Crippen molar-refractivity contribution in [2.45, 2.75) is 45.0 Å². The number of allylic oxidation sites excluding steroid dienone is 3. The molecule has 0 saturated heterocycles. The van der Waals surface area contributed by atoms with E-state index in [4.69, 9.17) is 16.6 Å². The zero-order valence-electron chi connectivity index (χ0n) is 19.8. The smallest absolute Gasteiger partial charge is 0.446 e. The Kier molecular flexibility index (Phi) is 11.2. The van der Waals surface area contributed by atoms with Gasteiger partial charge in [0.2, 0.25) is 0 Å². The summed E-state index contributed by atoms with van der Waals surface area (Å²) >= 11 is 0. The summed E-state index contributed by atoms with van der Waals surface area (Å²) in [4.78, 5) is 26.5. The molecule has 2 amide bonds. The Labute approximate surface area is 216 Å². The van der Waals surface area contributed by atoms with Gasteiger partial charge >= 0.3 is 25.0 Å². The Bertz CT molecular complexity index is 1010. The van der Waals surface area contributed by atoms with Crippen molar-refractivity contribution in [1.29, 1.82) is 0 Å². The van der Waals surface area contributed by atoms with E-state index in [0.717, 1.165) is 24.0 Å². The van der Waals surface area contributed by atoms with Crippen LogP contribution in [0.1, 0.15) is 41.3 Å². The molecule has 1 saturated carbocycles. The van der Waals surface area contributed by atoms with Gasteiger partial charge in [-0.2, -0.15) is 13.0 Å². The molecule has 35 heavy (non-hydrogen) atoms. The number of hydrogen-bond acceptors (Lipinski definition) is 7. The van der Waals surface area contributed by atoms with Gasteiger partial charge < -0.3 is 48.7 Å². The second-order valence-corrected chi connectivity index (χ2v) is 7.83. The number of aliphatic hydroxyl groups is 1. The molecule has 1 aliphatic carbocycles. The van der Waals surface area contributed by atoms with E-state index in [2.05, 4.69) is 27.1 Å². The van der Waals surface area contributed by atoms with Crippen molar-refractivity contribution in [2.24, 2.45) is 10.2 Å². The van der Waals surface area contributed by atoms with Crippen molar-refractivity contribution in [1.82, 2.24) is 15.5 Å². The van der Waals surface area contributed by atoms with Crippen LogP contribution in [0, 0.1) is 12.2 Å². The molecule has 2 aliphatic heterocycles. The van der Waals surface area contributed by atoms with E-state index in [1.54, 1.807) is 36.5 Å². The van der Waals surface area contributed by atoms with E-state index in [1.807, 2.05) is 0 Å². The number of nitrogens with one attached hydrogen (secondary N) is 2. The van der Waals surface area contributed by atoms with Gasteiger partial charge in [-0.15, -0.1) is 18.0 Å². The van der Waals surface area contributed by atoms with Gasteiger partial charge in [0.25, 0.3) is 5.91 Å². The molecular weight excluding hydrogens is 448 g/mol. The summed E-state index contributed by atoms with van der Waals surface area (Å²) in [6.45, 7) is 7.69. The Morgan fingerprint density at radius 1 is 1.40 bits per heavy atom. The van der Waals surface area contributed by atoms with Gasteiger partial charge in [0.05, 0.1) is 5.56 Å². The standard InChI is InChI=1S/C21H20FN5O3.C3H7O.Li/c1-23-24-11-15-3-2-4-19(25-15)26-20(28)17-9-14-12-27(21(29)30-16-5-6-16)8-7-13(14)10-18(17)22;1-2-3-4;/h1-4,9-10,16,19,25H,5-8,12H2,(H,26,28);2,4H,3H2,1H3;/q-2;-1;+1. The third-order valence-corrected chi connectivity index (χ3v) is 5.17. The number of hydrogen-bond donors (Lipinski definition) is 3. The zero-order chi connectivity index (χ0) is 24.5. The molecule has 4 rings (SSSR count). The van der Waals surface area contributed by atoms with Crippen molar-refractivity contribution in [3.63, 3.8) is 0 Å². The maximum absolute atomic E-state index is 14.6.